The van der Waals surface area contributed by atoms with Crippen molar-refractivity contribution >= 4 is 28.9 Å². The van der Waals surface area contributed by atoms with Crippen LogP contribution in [-0.2, 0) is 0 Å². The van der Waals surface area contributed by atoms with Gasteiger partial charge in [-0.3, -0.25) is 9.78 Å². The van der Waals surface area contributed by atoms with Crippen LogP contribution in [0.3, 0.4) is 0 Å². The average Bonchev–Trinajstić information content (AvgIpc) is 2.34. The molecule has 2 rings (SSSR count). The van der Waals surface area contributed by atoms with Crippen LogP contribution in [0.4, 0.5) is 11.4 Å². The van der Waals surface area contributed by atoms with Crippen molar-refractivity contribution < 1.29 is 4.79 Å². The molecule has 1 amide bonds. The highest BCUT2D eigenvalue weighted by Gasteiger charge is 2.11. The van der Waals surface area contributed by atoms with Gasteiger partial charge < -0.3 is 11.1 Å². The number of hydrogen-bond donors (Lipinski definition) is 2. The molecule has 2 aromatic rings. The first-order chi connectivity index (χ1) is 8.18. The van der Waals surface area contributed by atoms with Crippen molar-refractivity contribution in [2.75, 3.05) is 11.1 Å². The molecule has 0 fully saturated rings. The van der Waals surface area contributed by atoms with Crippen LogP contribution in [-0.4, -0.2) is 10.9 Å². The Hall–Kier alpha value is -2.07. The molecule has 4 nitrogen and oxygen atoms in total. The van der Waals surface area contributed by atoms with Crippen molar-refractivity contribution in [3.8, 4) is 0 Å². The summed E-state index contributed by atoms with van der Waals surface area (Å²) in [5, 5.41) is 3.08. The second-order valence-corrected chi connectivity index (χ2v) is 3.80. The summed E-state index contributed by atoms with van der Waals surface area (Å²) in [6, 6.07) is 8.33. The first-order valence-corrected chi connectivity index (χ1v) is 5.31. The molecule has 0 atom stereocenters. The van der Waals surface area contributed by atoms with Crippen LogP contribution in [0.5, 0.6) is 0 Å². The van der Waals surface area contributed by atoms with Crippen molar-refractivity contribution in [3.05, 3.63) is 53.3 Å². The molecule has 5 heteroatoms. The number of rotatable bonds is 2. The van der Waals surface area contributed by atoms with Crippen LogP contribution in [0.1, 0.15) is 10.4 Å². The van der Waals surface area contributed by atoms with E-state index in [0.29, 0.717) is 16.3 Å². The average molecular weight is 248 g/mol. The second kappa shape index (κ2) is 4.84. The summed E-state index contributed by atoms with van der Waals surface area (Å²) in [7, 11) is 0. The molecule has 1 heterocycles. The van der Waals surface area contributed by atoms with Gasteiger partial charge in [0.25, 0.3) is 5.91 Å². The van der Waals surface area contributed by atoms with E-state index in [2.05, 4.69) is 10.3 Å². The number of halogens is 1. The number of para-hydroxylation sites is 1. The zero-order chi connectivity index (χ0) is 12.3. The predicted octanol–water partition coefficient (Wildman–Crippen LogP) is 2.57. The Morgan fingerprint density at radius 2 is 1.94 bits per heavy atom. The Morgan fingerprint density at radius 1 is 1.24 bits per heavy atom. The Labute approximate surface area is 103 Å². The van der Waals surface area contributed by atoms with E-state index in [1.807, 2.05) is 0 Å². The fourth-order valence-electron chi connectivity index (χ4n) is 1.37. The minimum Gasteiger partial charge on any atom is -0.397 e. The van der Waals surface area contributed by atoms with Gasteiger partial charge in [-0.15, -0.1) is 0 Å². The minimum atomic E-state index is -0.295. The summed E-state index contributed by atoms with van der Waals surface area (Å²) < 4.78 is 0. The lowest BCUT2D eigenvalue weighted by atomic mass is 10.1. The maximum absolute atomic E-state index is 11.9. The number of amides is 1. The lowest BCUT2D eigenvalue weighted by Crippen LogP contribution is -2.14. The van der Waals surface area contributed by atoms with E-state index in [9.17, 15) is 4.79 Å². The van der Waals surface area contributed by atoms with E-state index < -0.39 is 0 Å². The molecular weight excluding hydrogens is 238 g/mol. The number of benzene rings is 1. The van der Waals surface area contributed by atoms with Gasteiger partial charge >= 0.3 is 0 Å². The molecule has 0 aliphatic rings. The monoisotopic (exact) mass is 247 g/mol. The molecule has 0 saturated carbocycles. The minimum absolute atomic E-state index is 0.278. The van der Waals surface area contributed by atoms with E-state index in [1.54, 1.807) is 42.7 Å². The normalized spacial score (nSPS) is 9.94. The molecule has 1 aromatic carbocycles. The molecule has 0 unspecified atom stereocenters. The highest BCUT2D eigenvalue weighted by molar-refractivity contribution is 6.34. The summed E-state index contributed by atoms with van der Waals surface area (Å²) in [6.07, 6.45) is 3.19. The van der Waals surface area contributed by atoms with Crippen molar-refractivity contribution in [1.29, 1.82) is 0 Å². The quantitative estimate of drug-likeness (QED) is 0.802. The predicted molar refractivity (Wildman–Crippen MR) is 68.1 cm³/mol. The molecule has 0 saturated heterocycles. The lowest BCUT2D eigenvalue weighted by molar-refractivity contribution is 0.102. The van der Waals surface area contributed by atoms with Crippen LogP contribution >= 0.6 is 11.6 Å². The molecule has 0 bridgehead atoms. The number of carbonyl (C=O) groups excluding carboxylic acids is 1. The maximum Gasteiger partial charge on any atom is 0.257 e. The van der Waals surface area contributed by atoms with Gasteiger partial charge in [-0.05, 0) is 24.3 Å². The van der Waals surface area contributed by atoms with Gasteiger partial charge in [-0.25, -0.2) is 0 Å². The van der Waals surface area contributed by atoms with Crippen molar-refractivity contribution in [1.82, 2.24) is 4.98 Å². The van der Waals surface area contributed by atoms with E-state index in [-0.39, 0.29) is 11.6 Å². The third kappa shape index (κ3) is 2.54. The molecule has 0 radical (unpaired) electrons. The largest absolute Gasteiger partial charge is 0.397 e. The zero-order valence-corrected chi connectivity index (χ0v) is 9.61. The number of nitrogen functional groups attached to an aromatic ring is 1. The smallest absolute Gasteiger partial charge is 0.257 e. The fraction of sp³-hybridized carbons (Fsp3) is 0. The van der Waals surface area contributed by atoms with E-state index >= 15 is 0 Å². The molecule has 86 valence electrons. The summed E-state index contributed by atoms with van der Waals surface area (Å²) in [6.45, 7) is 0. The molecule has 0 spiro atoms. The van der Waals surface area contributed by atoms with E-state index in [4.69, 9.17) is 17.3 Å². The summed E-state index contributed by atoms with van der Waals surface area (Å²) in [5.41, 5.74) is 7.02. The van der Waals surface area contributed by atoms with Gasteiger partial charge in [0.15, 0.2) is 0 Å². The van der Waals surface area contributed by atoms with Crippen LogP contribution in [0.2, 0.25) is 5.02 Å². The third-order valence-corrected chi connectivity index (χ3v) is 2.57. The Balaban J connectivity index is 2.24. The SMILES string of the molecule is Nc1c(Cl)cccc1C(=O)Nc1ccncc1. The molecule has 0 aliphatic heterocycles. The number of anilines is 2. The Bertz CT molecular complexity index is 543. The Kier molecular flexibility index (Phi) is 3.25. The third-order valence-electron chi connectivity index (χ3n) is 2.24. The molecule has 3 N–H and O–H groups in total. The first-order valence-electron chi connectivity index (χ1n) is 4.94. The topological polar surface area (TPSA) is 68.0 Å². The van der Waals surface area contributed by atoms with Crippen LogP contribution in [0.25, 0.3) is 0 Å². The lowest BCUT2D eigenvalue weighted by Gasteiger charge is -2.08. The molecular formula is C12H10ClN3O. The Morgan fingerprint density at radius 3 is 2.65 bits per heavy atom. The second-order valence-electron chi connectivity index (χ2n) is 3.39. The van der Waals surface area contributed by atoms with Gasteiger partial charge in [0, 0.05) is 18.1 Å². The highest BCUT2D eigenvalue weighted by atomic mass is 35.5. The van der Waals surface area contributed by atoms with Crippen LogP contribution in [0, 0.1) is 0 Å². The standard InChI is InChI=1S/C12H10ClN3O/c13-10-3-1-2-9(11(10)14)12(17)16-8-4-6-15-7-5-8/h1-7H,14H2,(H,15,16,17). The maximum atomic E-state index is 11.9. The molecule has 1 aromatic heterocycles. The fourth-order valence-corrected chi connectivity index (χ4v) is 1.54. The number of nitrogens with zero attached hydrogens (tertiary/aromatic N) is 1. The van der Waals surface area contributed by atoms with Gasteiger partial charge in [0.1, 0.15) is 0 Å². The number of aromatic nitrogens is 1. The van der Waals surface area contributed by atoms with Crippen molar-refractivity contribution in [3.63, 3.8) is 0 Å². The number of hydrogen-bond acceptors (Lipinski definition) is 3. The number of carbonyl (C=O) groups is 1. The summed E-state index contributed by atoms with van der Waals surface area (Å²) in [4.78, 5) is 15.8. The van der Waals surface area contributed by atoms with Crippen molar-refractivity contribution in [2.24, 2.45) is 0 Å². The summed E-state index contributed by atoms with van der Waals surface area (Å²) in [5.74, 6) is -0.295. The van der Waals surface area contributed by atoms with Gasteiger partial charge in [0.05, 0.1) is 16.3 Å². The van der Waals surface area contributed by atoms with Gasteiger partial charge in [-0.1, -0.05) is 17.7 Å². The summed E-state index contributed by atoms with van der Waals surface area (Å²) >= 11 is 5.85. The van der Waals surface area contributed by atoms with E-state index in [0.717, 1.165) is 0 Å². The number of pyridine rings is 1. The van der Waals surface area contributed by atoms with Crippen LogP contribution in [0.15, 0.2) is 42.7 Å². The number of nitrogens with two attached hydrogens (primary N) is 1. The van der Waals surface area contributed by atoms with Crippen molar-refractivity contribution in [2.45, 2.75) is 0 Å². The van der Waals surface area contributed by atoms with Gasteiger partial charge in [-0.2, -0.15) is 0 Å². The molecule has 0 aliphatic carbocycles. The van der Waals surface area contributed by atoms with E-state index in [1.165, 1.54) is 0 Å². The highest BCUT2D eigenvalue weighted by Crippen LogP contribution is 2.23. The van der Waals surface area contributed by atoms with Gasteiger partial charge in [0.2, 0.25) is 0 Å². The zero-order valence-electron chi connectivity index (χ0n) is 8.85. The first kappa shape index (κ1) is 11.4. The van der Waals surface area contributed by atoms with Crippen LogP contribution < -0.4 is 11.1 Å². The molecule has 17 heavy (non-hydrogen) atoms. The number of nitrogens with one attached hydrogen (secondary N) is 1.